The summed E-state index contributed by atoms with van der Waals surface area (Å²) in [5.41, 5.74) is 0.569. The molecule has 19 heavy (non-hydrogen) atoms. The lowest BCUT2D eigenvalue weighted by molar-refractivity contribution is 0.0804. The predicted molar refractivity (Wildman–Crippen MR) is 83.5 cm³/mol. The Bertz CT molecular complexity index is 274. The Balaban J connectivity index is 1.94. The Hall–Kier alpha value is -0.0800. The van der Waals surface area contributed by atoms with Crippen molar-refractivity contribution < 1.29 is 0 Å². The average Bonchev–Trinajstić information content (AvgIpc) is 2.33. The minimum absolute atomic E-state index is 0.569. The summed E-state index contributed by atoms with van der Waals surface area (Å²) in [7, 11) is 0. The summed E-state index contributed by atoms with van der Waals surface area (Å²) in [5.74, 6) is 0. The molecule has 1 N–H and O–H groups in total. The minimum atomic E-state index is 0.569. The monoisotopic (exact) mass is 266 g/mol. The molecule has 2 nitrogen and oxygen atoms in total. The van der Waals surface area contributed by atoms with Gasteiger partial charge in [-0.3, -0.25) is 0 Å². The van der Waals surface area contributed by atoms with Gasteiger partial charge in [-0.2, -0.15) is 0 Å². The molecule has 0 spiro atoms. The Morgan fingerprint density at radius 1 is 1.16 bits per heavy atom. The van der Waals surface area contributed by atoms with Crippen molar-refractivity contribution in [3.05, 3.63) is 0 Å². The molecule has 0 aromatic carbocycles. The second kappa shape index (κ2) is 6.58. The standard InChI is InChI=1S/C17H34N2/c1-5-15-9-12-19(11-8-14(2)18-15)16-7-6-10-17(3,4)13-16/h14-16,18H,5-13H2,1-4H3. The number of nitrogens with one attached hydrogen (secondary N) is 1. The first-order valence-corrected chi connectivity index (χ1v) is 8.50. The van der Waals surface area contributed by atoms with E-state index < -0.39 is 0 Å². The van der Waals surface area contributed by atoms with E-state index >= 15 is 0 Å². The molecule has 3 unspecified atom stereocenters. The average molecular weight is 266 g/mol. The molecule has 0 aromatic rings. The third-order valence-corrected chi connectivity index (χ3v) is 5.32. The van der Waals surface area contributed by atoms with Crippen molar-refractivity contribution >= 4 is 0 Å². The van der Waals surface area contributed by atoms with Crippen LogP contribution in [-0.2, 0) is 0 Å². The van der Waals surface area contributed by atoms with E-state index in [1.807, 2.05) is 0 Å². The quantitative estimate of drug-likeness (QED) is 0.817. The Morgan fingerprint density at radius 3 is 2.58 bits per heavy atom. The maximum atomic E-state index is 3.78. The number of nitrogens with zero attached hydrogens (tertiary/aromatic N) is 1. The molecule has 1 heterocycles. The summed E-state index contributed by atoms with van der Waals surface area (Å²) < 4.78 is 0. The SMILES string of the molecule is CCC1CCN(C2CCCC(C)(C)C2)CCC(C)N1. The maximum Gasteiger partial charge on any atom is 0.0100 e. The van der Waals surface area contributed by atoms with Crippen LogP contribution in [0.15, 0.2) is 0 Å². The summed E-state index contributed by atoms with van der Waals surface area (Å²) in [6, 6.07) is 2.27. The zero-order valence-corrected chi connectivity index (χ0v) is 13.5. The summed E-state index contributed by atoms with van der Waals surface area (Å²) in [6.07, 6.45) is 9.61. The van der Waals surface area contributed by atoms with Crippen LogP contribution in [0.3, 0.4) is 0 Å². The van der Waals surface area contributed by atoms with E-state index in [1.54, 1.807) is 0 Å². The third-order valence-electron chi connectivity index (χ3n) is 5.32. The first-order valence-electron chi connectivity index (χ1n) is 8.50. The van der Waals surface area contributed by atoms with Crippen LogP contribution >= 0.6 is 0 Å². The molecule has 0 bridgehead atoms. The van der Waals surface area contributed by atoms with Gasteiger partial charge in [-0.25, -0.2) is 0 Å². The van der Waals surface area contributed by atoms with Crippen molar-refractivity contribution in [2.75, 3.05) is 13.1 Å². The van der Waals surface area contributed by atoms with E-state index in [1.165, 1.54) is 58.0 Å². The fourth-order valence-electron chi connectivity index (χ4n) is 4.02. The van der Waals surface area contributed by atoms with Gasteiger partial charge < -0.3 is 10.2 Å². The van der Waals surface area contributed by atoms with E-state index in [-0.39, 0.29) is 0 Å². The Morgan fingerprint density at radius 2 is 1.89 bits per heavy atom. The Kier molecular flexibility index (Phi) is 5.30. The zero-order valence-electron chi connectivity index (χ0n) is 13.5. The van der Waals surface area contributed by atoms with Crippen molar-refractivity contribution in [1.29, 1.82) is 0 Å². The fourth-order valence-corrected chi connectivity index (χ4v) is 4.02. The molecular formula is C17H34N2. The molecule has 2 fully saturated rings. The second-order valence-electron chi connectivity index (χ2n) is 7.70. The van der Waals surface area contributed by atoms with E-state index in [9.17, 15) is 0 Å². The van der Waals surface area contributed by atoms with Gasteiger partial charge in [0.2, 0.25) is 0 Å². The molecule has 1 saturated heterocycles. The van der Waals surface area contributed by atoms with Crippen LogP contribution in [0.4, 0.5) is 0 Å². The van der Waals surface area contributed by atoms with Crippen LogP contribution < -0.4 is 5.32 Å². The highest BCUT2D eigenvalue weighted by atomic mass is 15.2. The van der Waals surface area contributed by atoms with E-state index in [4.69, 9.17) is 0 Å². The smallest absolute Gasteiger partial charge is 0.0100 e. The second-order valence-corrected chi connectivity index (χ2v) is 7.70. The summed E-state index contributed by atoms with van der Waals surface area (Å²) in [6.45, 7) is 12.2. The summed E-state index contributed by atoms with van der Waals surface area (Å²) >= 11 is 0. The first-order chi connectivity index (χ1) is 9.00. The molecule has 0 aromatic heterocycles. The van der Waals surface area contributed by atoms with Crippen molar-refractivity contribution in [1.82, 2.24) is 10.2 Å². The lowest BCUT2D eigenvalue weighted by Crippen LogP contribution is -2.48. The van der Waals surface area contributed by atoms with Crippen molar-refractivity contribution in [2.24, 2.45) is 5.41 Å². The van der Waals surface area contributed by atoms with Gasteiger partial charge in [-0.15, -0.1) is 0 Å². The van der Waals surface area contributed by atoms with Crippen LogP contribution in [-0.4, -0.2) is 36.1 Å². The van der Waals surface area contributed by atoms with Gasteiger partial charge in [-0.05, 0) is 64.0 Å². The lowest BCUT2D eigenvalue weighted by Gasteiger charge is -2.43. The van der Waals surface area contributed by atoms with Crippen molar-refractivity contribution in [3.63, 3.8) is 0 Å². The van der Waals surface area contributed by atoms with Crippen molar-refractivity contribution in [2.45, 2.75) is 90.8 Å². The van der Waals surface area contributed by atoms with Gasteiger partial charge in [-0.1, -0.05) is 27.2 Å². The van der Waals surface area contributed by atoms with E-state index in [0.29, 0.717) is 11.5 Å². The van der Waals surface area contributed by atoms with Crippen LogP contribution in [0, 0.1) is 5.41 Å². The molecule has 1 saturated carbocycles. The number of hydrogen-bond donors (Lipinski definition) is 1. The molecular weight excluding hydrogens is 232 g/mol. The molecule has 0 radical (unpaired) electrons. The third kappa shape index (κ3) is 4.46. The van der Waals surface area contributed by atoms with Crippen LogP contribution in [0.25, 0.3) is 0 Å². The summed E-state index contributed by atoms with van der Waals surface area (Å²) in [5, 5.41) is 3.78. The number of hydrogen-bond acceptors (Lipinski definition) is 2. The van der Waals surface area contributed by atoms with Gasteiger partial charge in [0.1, 0.15) is 0 Å². The van der Waals surface area contributed by atoms with E-state index in [2.05, 4.69) is 37.9 Å². The van der Waals surface area contributed by atoms with Gasteiger partial charge in [0.25, 0.3) is 0 Å². The van der Waals surface area contributed by atoms with Gasteiger partial charge in [0.05, 0.1) is 0 Å². The van der Waals surface area contributed by atoms with Crippen LogP contribution in [0.2, 0.25) is 0 Å². The highest BCUT2D eigenvalue weighted by Crippen LogP contribution is 2.37. The largest absolute Gasteiger partial charge is 0.311 e. The minimum Gasteiger partial charge on any atom is -0.311 e. The fraction of sp³-hybridized carbons (Fsp3) is 1.00. The van der Waals surface area contributed by atoms with E-state index in [0.717, 1.165) is 12.1 Å². The molecule has 1 aliphatic heterocycles. The molecule has 112 valence electrons. The molecule has 3 atom stereocenters. The van der Waals surface area contributed by atoms with Crippen LogP contribution in [0.5, 0.6) is 0 Å². The zero-order chi connectivity index (χ0) is 13.9. The first kappa shape index (κ1) is 15.3. The van der Waals surface area contributed by atoms with Crippen LogP contribution in [0.1, 0.15) is 72.6 Å². The van der Waals surface area contributed by atoms with Crippen molar-refractivity contribution in [3.8, 4) is 0 Å². The van der Waals surface area contributed by atoms with Gasteiger partial charge in [0, 0.05) is 18.1 Å². The highest BCUT2D eigenvalue weighted by molar-refractivity contribution is 4.87. The maximum absolute atomic E-state index is 3.78. The lowest BCUT2D eigenvalue weighted by atomic mass is 9.74. The normalized spacial score (nSPS) is 37.6. The highest BCUT2D eigenvalue weighted by Gasteiger charge is 2.32. The van der Waals surface area contributed by atoms with Gasteiger partial charge in [0.15, 0.2) is 0 Å². The molecule has 2 aliphatic rings. The molecule has 2 heteroatoms. The van der Waals surface area contributed by atoms with Gasteiger partial charge >= 0.3 is 0 Å². The topological polar surface area (TPSA) is 15.3 Å². The molecule has 0 amide bonds. The molecule has 1 aliphatic carbocycles. The number of rotatable bonds is 2. The predicted octanol–water partition coefficient (Wildman–Crippen LogP) is 3.81. The summed E-state index contributed by atoms with van der Waals surface area (Å²) in [4.78, 5) is 2.82. The Labute approximate surface area is 120 Å². The molecule has 2 rings (SSSR count).